The third-order valence-electron chi connectivity index (χ3n) is 14.3. The Morgan fingerprint density at radius 2 is 0.897 bits per heavy atom. The first-order valence-electron chi connectivity index (χ1n) is 24.6. The molecule has 0 saturated carbocycles. The predicted molar refractivity (Wildman–Crippen MR) is 300 cm³/mol. The highest BCUT2D eigenvalue weighted by atomic mass is 28.3. The molecule has 2 aliphatic heterocycles. The first kappa shape index (κ1) is 45.2. The molecule has 0 radical (unpaired) electrons. The fraction of sp³-hybridized carbons (Fsp3) is 0.238. The SMILES string of the molecule is CC(C)(C)c1ccc(N2c3ccc(C(C)(C)C)cc3B3c4ccc([Si](C)(C)C)cc4N(c4ccc(C(C)(C)C)cc4-c4ccccc4)c4cc(N(c5ccccc5)c5ccccc5)cc2c43)cc1. The lowest BCUT2D eigenvalue weighted by molar-refractivity contribution is 0.590. The van der Waals surface area contributed by atoms with Gasteiger partial charge in [0.15, 0.2) is 0 Å². The highest BCUT2D eigenvalue weighted by molar-refractivity contribution is 7.00. The summed E-state index contributed by atoms with van der Waals surface area (Å²) < 4.78 is 0. The van der Waals surface area contributed by atoms with Crippen molar-refractivity contribution in [1.29, 1.82) is 0 Å². The zero-order valence-corrected chi connectivity index (χ0v) is 43.2. The van der Waals surface area contributed by atoms with E-state index < -0.39 is 8.07 Å². The topological polar surface area (TPSA) is 9.72 Å². The van der Waals surface area contributed by atoms with Gasteiger partial charge in [0.1, 0.15) is 0 Å². The third kappa shape index (κ3) is 8.09. The minimum absolute atomic E-state index is 0.0192. The van der Waals surface area contributed by atoms with Crippen molar-refractivity contribution in [2.45, 2.75) is 98.2 Å². The minimum Gasteiger partial charge on any atom is -0.311 e. The zero-order chi connectivity index (χ0) is 47.9. The lowest BCUT2D eigenvalue weighted by atomic mass is 9.33. The van der Waals surface area contributed by atoms with Crippen LogP contribution in [0, 0.1) is 0 Å². The molecule has 340 valence electrons. The van der Waals surface area contributed by atoms with Gasteiger partial charge < -0.3 is 14.7 Å². The number of fused-ring (bicyclic) bond motifs is 4. The number of nitrogens with zero attached hydrogens (tertiary/aromatic N) is 3. The van der Waals surface area contributed by atoms with Crippen LogP contribution in [0.4, 0.5) is 51.2 Å². The van der Waals surface area contributed by atoms with Crippen molar-refractivity contribution in [1.82, 2.24) is 0 Å². The molecular weight excluding hydrogens is 838 g/mol. The van der Waals surface area contributed by atoms with Crippen LogP contribution in [-0.2, 0) is 16.2 Å². The van der Waals surface area contributed by atoms with Crippen molar-refractivity contribution in [3.63, 3.8) is 0 Å². The smallest absolute Gasteiger partial charge is 0.252 e. The molecule has 0 atom stereocenters. The third-order valence-corrected chi connectivity index (χ3v) is 16.3. The van der Waals surface area contributed by atoms with Crippen molar-refractivity contribution in [2.75, 3.05) is 14.7 Å². The van der Waals surface area contributed by atoms with E-state index in [1.165, 1.54) is 77.8 Å². The Bertz CT molecular complexity index is 3110. The quantitative estimate of drug-likeness (QED) is 0.148. The maximum Gasteiger partial charge on any atom is 0.252 e. The molecule has 8 aromatic carbocycles. The molecule has 68 heavy (non-hydrogen) atoms. The molecule has 0 aromatic heterocycles. The summed E-state index contributed by atoms with van der Waals surface area (Å²) in [5.41, 5.74) is 20.9. The summed E-state index contributed by atoms with van der Waals surface area (Å²) in [6.07, 6.45) is 0. The monoisotopic (exact) mass is 904 g/mol. The number of benzene rings is 8. The molecule has 8 aromatic rings. The Labute approximate surface area is 408 Å². The van der Waals surface area contributed by atoms with Crippen molar-refractivity contribution in [3.8, 4) is 11.1 Å². The fourth-order valence-electron chi connectivity index (χ4n) is 10.3. The largest absolute Gasteiger partial charge is 0.311 e. The second kappa shape index (κ2) is 16.6. The number of hydrogen-bond acceptors (Lipinski definition) is 3. The molecule has 2 heterocycles. The second-order valence-corrected chi connectivity index (χ2v) is 28.3. The van der Waals surface area contributed by atoms with Gasteiger partial charge in [-0.15, -0.1) is 0 Å². The summed E-state index contributed by atoms with van der Waals surface area (Å²) in [7, 11) is -1.79. The summed E-state index contributed by atoms with van der Waals surface area (Å²) in [5, 5.41) is 1.45. The Morgan fingerprint density at radius 3 is 1.44 bits per heavy atom. The van der Waals surface area contributed by atoms with E-state index in [0.717, 1.165) is 22.7 Å². The molecule has 0 unspecified atom stereocenters. The summed E-state index contributed by atoms with van der Waals surface area (Å²) in [6, 6.07) is 69.3. The van der Waals surface area contributed by atoms with Crippen LogP contribution in [0.25, 0.3) is 11.1 Å². The van der Waals surface area contributed by atoms with Crippen LogP contribution in [-0.4, -0.2) is 14.8 Å². The molecule has 0 saturated heterocycles. The van der Waals surface area contributed by atoms with Gasteiger partial charge in [-0.2, -0.15) is 0 Å². The molecule has 0 bridgehead atoms. The highest BCUT2D eigenvalue weighted by Gasteiger charge is 2.45. The van der Waals surface area contributed by atoms with E-state index in [9.17, 15) is 0 Å². The van der Waals surface area contributed by atoms with Crippen molar-refractivity contribution >= 4 is 87.5 Å². The average Bonchev–Trinajstić information content (AvgIpc) is 3.31. The first-order chi connectivity index (χ1) is 32.3. The minimum atomic E-state index is -1.79. The van der Waals surface area contributed by atoms with Gasteiger partial charge in [-0.25, -0.2) is 0 Å². The van der Waals surface area contributed by atoms with E-state index in [1.54, 1.807) is 0 Å². The normalized spacial score (nSPS) is 13.5. The van der Waals surface area contributed by atoms with Crippen molar-refractivity contribution in [2.24, 2.45) is 0 Å². The molecule has 0 amide bonds. The van der Waals surface area contributed by atoms with E-state index in [-0.39, 0.29) is 23.0 Å². The van der Waals surface area contributed by atoms with Crippen LogP contribution in [0.15, 0.2) is 182 Å². The lowest BCUT2D eigenvalue weighted by Crippen LogP contribution is -2.62. The van der Waals surface area contributed by atoms with E-state index in [0.29, 0.717) is 0 Å². The Kier molecular flexibility index (Phi) is 11.0. The first-order valence-corrected chi connectivity index (χ1v) is 28.1. The Balaban J connectivity index is 1.38. The number of para-hydroxylation sites is 2. The summed E-state index contributed by atoms with van der Waals surface area (Å²) >= 11 is 0. The van der Waals surface area contributed by atoms with Crippen molar-refractivity contribution < 1.29 is 0 Å². The van der Waals surface area contributed by atoms with Gasteiger partial charge in [-0.1, -0.05) is 196 Å². The van der Waals surface area contributed by atoms with Crippen LogP contribution < -0.4 is 36.3 Å². The van der Waals surface area contributed by atoms with Gasteiger partial charge in [0.25, 0.3) is 6.71 Å². The van der Waals surface area contributed by atoms with Gasteiger partial charge in [0.05, 0.1) is 19.4 Å². The van der Waals surface area contributed by atoms with Gasteiger partial charge in [-0.05, 0) is 128 Å². The Morgan fingerprint density at radius 1 is 0.397 bits per heavy atom. The molecular formula is C63H66BN3Si. The van der Waals surface area contributed by atoms with Crippen LogP contribution in [0.5, 0.6) is 0 Å². The maximum absolute atomic E-state index is 2.65. The average molecular weight is 904 g/mol. The molecule has 0 spiro atoms. The fourth-order valence-corrected chi connectivity index (χ4v) is 11.5. The number of hydrogen-bond donors (Lipinski definition) is 0. The molecule has 2 aliphatic rings. The molecule has 3 nitrogen and oxygen atoms in total. The molecule has 0 aliphatic carbocycles. The molecule has 0 N–H and O–H groups in total. The van der Waals surface area contributed by atoms with E-state index in [2.05, 4.69) is 279 Å². The van der Waals surface area contributed by atoms with Gasteiger partial charge in [0, 0.05) is 45.4 Å². The number of anilines is 9. The van der Waals surface area contributed by atoms with Crippen molar-refractivity contribution in [3.05, 3.63) is 199 Å². The zero-order valence-electron chi connectivity index (χ0n) is 42.2. The van der Waals surface area contributed by atoms with Crippen LogP contribution >= 0.6 is 0 Å². The lowest BCUT2D eigenvalue weighted by Gasteiger charge is -2.46. The van der Waals surface area contributed by atoms with E-state index in [4.69, 9.17) is 0 Å². The van der Waals surface area contributed by atoms with E-state index in [1.807, 2.05) is 0 Å². The Hall–Kier alpha value is -6.56. The van der Waals surface area contributed by atoms with Gasteiger partial charge >= 0.3 is 0 Å². The van der Waals surface area contributed by atoms with Crippen LogP contribution in [0.2, 0.25) is 19.6 Å². The van der Waals surface area contributed by atoms with Crippen LogP contribution in [0.3, 0.4) is 0 Å². The van der Waals surface area contributed by atoms with Gasteiger partial charge in [-0.3, -0.25) is 0 Å². The predicted octanol–water partition coefficient (Wildman–Crippen LogP) is 15.3. The molecule has 10 rings (SSSR count). The molecule has 0 fully saturated rings. The standard InChI is InChI=1S/C63H66BN3Si/c1-61(2,3)44-28-32-49(33-29-44)66-56-37-31-46(63(7,8)9)39-54(56)64-53-35-34-51(68(10,11)12)42-57(53)67(55-36-30-45(62(4,5)6)38-52(55)43-22-16-13-17-23-43)59-41-50(40-58(66)60(59)64)65(47-24-18-14-19-25-47)48-26-20-15-21-27-48/h13-42H,1-12H3. The summed E-state index contributed by atoms with van der Waals surface area (Å²) in [6.45, 7) is 28.3. The van der Waals surface area contributed by atoms with Crippen LogP contribution in [0.1, 0.15) is 79.0 Å². The highest BCUT2D eigenvalue weighted by Crippen LogP contribution is 2.50. The maximum atomic E-state index is 2.65. The van der Waals surface area contributed by atoms with Gasteiger partial charge in [0.2, 0.25) is 0 Å². The number of rotatable bonds is 7. The molecule has 5 heteroatoms. The summed E-state index contributed by atoms with van der Waals surface area (Å²) in [5.74, 6) is 0. The van der Waals surface area contributed by atoms with E-state index >= 15 is 0 Å². The summed E-state index contributed by atoms with van der Waals surface area (Å²) in [4.78, 5) is 7.67. The second-order valence-electron chi connectivity index (χ2n) is 23.2.